The molecule has 0 saturated carbocycles. The van der Waals surface area contributed by atoms with Crippen LogP contribution in [-0.4, -0.2) is 65.4 Å². The highest BCUT2D eigenvalue weighted by molar-refractivity contribution is 6.34. The van der Waals surface area contributed by atoms with E-state index in [4.69, 9.17) is 51.6 Å². The summed E-state index contributed by atoms with van der Waals surface area (Å²) in [7, 11) is 9.97. The van der Waals surface area contributed by atoms with Gasteiger partial charge in [-0.25, -0.2) is 0 Å². The van der Waals surface area contributed by atoms with E-state index < -0.39 is 11.0 Å². The minimum absolute atomic E-state index is 0.0734. The van der Waals surface area contributed by atoms with Crippen LogP contribution >= 0.6 is 23.2 Å². The van der Waals surface area contributed by atoms with Crippen LogP contribution in [0.4, 0.5) is 5.69 Å². The Bertz CT molecular complexity index is 1950. The lowest BCUT2D eigenvalue weighted by Gasteiger charge is -2.37. The van der Waals surface area contributed by atoms with Gasteiger partial charge in [0.25, 0.3) is 5.69 Å². The molecule has 7 rings (SSSR count). The number of halogens is 2. The molecular formula is C38H41Cl2N3O8. The summed E-state index contributed by atoms with van der Waals surface area (Å²) in [5.41, 5.74) is 4.89. The predicted molar refractivity (Wildman–Crippen MR) is 197 cm³/mol. The number of ether oxygens (including phenoxy) is 6. The van der Waals surface area contributed by atoms with Crippen molar-refractivity contribution in [3.8, 4) is 46.0 Å². The zero-order chi connectivity index (χ0) is 36.4. The molecule has 0 aromatic heterocycles. The minimum Gasteiger partial charge on any atom is -0.493 e. The molecule has 0 saturated heterocycles. The summed E-state index contributed by atoms with van der Waals surface area (Å²) in [6.07, 6.45) is 2.92. The van der Waals surface area contributed by atoms with Crippen LogP contribution in [0.1, 0.15) is 39.4 Å². The molecule has 11 nitrogen and oxygen atoms in total. The van der Waals surface area contributed by atoms with Crippen molar-refractivity contribution in [3.05, 3.63) is 96.0 Å². The highest BCUT2D eigenvalue weighted by atomic mass is 35.5. The largest absolute Gasteiger partial charge is 0.493 e. The molecule has 13 heteroatoms. The molecule has 51 heavy (non-hydrogen) atoms. The second kappa shape index (κ2) is 15.4. The van der Waals surface area contributed by atoms with Crippen molar-refractivity contribution < 1.29 is 33.3 Å². The van der Waals surface area contributed by atoms with Gasteiger partial charge in [0.15, 0.2) is 34.5 Å². The Labute approximate surface area is 307 Å². The van der Waals surface area contributed by atoms with Crippen LogP contribution in [0.2, 0.25) is 10.0 Å². The molecule has 1 atom stereocenters. The standard InChI is InChI=1S/C38H41Cl2N3O8/c1-41-15-13-23-17-29(46-3)30-18-22(23)10-7-21-8-11-24(12-9-21)50-35-31(47-4)20-27(43(44)45)26(34(35)40)19-28-32-25(14-16-42(28)2)33(39)37(48-5)38(49-6)36(32)51-30/h8-9,11-12,17-18,20,28,41H,7,10,13-16,19H2,1-6H3/t28-/m0/s1. The molecule has 4 aromatic rings. The number of hydrogen-bond acceptors (Lipinski definition) is 10. The molecule has 4 aromatic carbocycles. The third-order valence-corrected chi connectivity index (χ3v) is 10.5. The van der Waals surface area contributed by atoms with Crippen molar-refractivity contribution in [2.75, 3.05) is 55.6 Å². The second-order valence-corrected chi connectivity index (χ2v) is 13.3. The number of nitrogens with zero attached hydrogens (tertiary/aromatic N) is 2. The Hall–Kier alpha value is -4.42. The van der Waals surface area contributed by atoms with Gasteiger partial charge in [-0.3, -0.25) is 15.0 Å². The monoisotopic (exact) mass is 737 g/mol. The summed E-state index contributed by atoms with van der Waals surface area (Å²) in [5, 5.41) is 16.3. The number of methoxy groups -OCH3 is 4. The van der Waals surface area contributed by atoms with Gasteiger partial charge in [0.05, 0.1) is 55.0 Å². The van der Waals surface area contributed by atoms with Crippen molar-refractivity contribution in [1.29, 1.82) is 0 Å². The lowest BCUT2D eigenvalue weighted by atomic mass is 9.87. The Balaban J connectivity index is 1.66. The lowest BCUT2D eigenvalue weighted by Crippen LogP contribution is -2.34. The quantitative estimate of drug-likeness (QED) is 0.140. The van der Waals surface area contributed by atoms with E-state index in [1.165, 1.54) is 27.4 Å². The van der Waals surface area contributed by atoms with Gasteiger partial charge in [-0.05, 0) is 92.8 Å². The van der Waals surface area contributed by atoms with Crippen LogP contribution in [0.3, 0.4) is 0 Å². The van der Waals surface area contributed by atoms with Gasteiger partial charge in [-0.1, -0.05) is 35.3 Å². The van der Waals surface area contributed by atoms with Gasteiger partial charge in [0.2, 0.25) is 5.75 Å². The number of aryl methyl sites for hydroxylation is 2. The predicted octanol–water partition coefficient (Wildman–Crippen LogP) is 8.15. The summed E-state index contributed by atoms with van der Waals surface area (Å²) in [4.78, 5) is 14.2. The Kier molecular flexibility index (Phi) is 11.0. The summed E-state index contributed by atoms with van der Waals surface area (Å²) in [5.74, 6) is 2.86. The Morgan fingerprint density at radius 3 is 2.25 bits per heavy atom. The first-order chi connectivity index (χ1) is 24.6. The second-order valence-electron chi connectivity index (χ2n) is 12.5. The normalized spacial score (nSPS) is 15.5. The highest BCUT2D eigenvalue weighted by Crippen LogP contribution is 2.56. The molecule has 0 spiro atoms. The van der Waals surface area contributed by atoms with E-state index >= 15 is 0 Å². The van der Waals surface area contributed by atoms with Crippen molar-refractivity contribution in [3.63, 3.8) is 0 Å². The van der Waals surface area contributed by atoms with E-state index in [-0.39, 0.29) is 39.9 Å². The molecular weight excluding hydrogens is 697 g/mol. The molecule has 0 unspecified atom stereocenters. The molecule has 0 aliphatic carbocycles. The van der Waals surface area contributed by atoms with Crippen molar-refractivity contribution in [2.24, 2.45) is 0 Å². The van der Waals surface area contributed by atoms with Crippen LogP contribution in [0.15, 0.2) is 42.5 Å². The number of nitro benzene ring substituents is 1. The fraction of sp³-hybridized carbons (Fsp3) is 0.368. The third-order valence-electron chi connectivity index (χ3n) is 9.68. The van der Waals surface area contributed by atoms with Crippen molar-refractivity contribution in [2.45, 2.75) is 38.1 Å². The maximum Gasteiger partial charge on any atom is 0.278 e. The van der Waals surface area contributed by atoms with Gasteiger partial charge < -0.3 is 33.7 Å². The summed E-state index contributed by atoms with van der Waals surface area (Å²) >= 11 is 14.2. The molecule has 0 fully saturated rings. The van der Waals surface area contributed by atoms with Crippen LogP contribution in [0, 0.1) is 10.1 Å². The first kappa shape index (κ1) is 36.4. The molecule has 270 valence electrons. The zero-order valence-electron chi connectivity index (χ0n) is 29.5. The number of benzene rings is 4. The van der Waals surface area contributed by atoms with Gasteiger partial charge in [0.1, 0.15) is 5.75 Å². The maximum absolute atomic E-state index is 12.6. The Morgan fingerprint density at radius 2 is 1.61 bits per heavy atom. The molecule has 3 heterocycles. The number of nitrogens with one attached hydrogen (secondary N) is 1. The average molecular weight is 739 g/mol. The van der Waals surface area contributed by atoms with E-state index in [2.05, 4.69) is 10.2 Å². The van der Waals surface area contributed by atoms with Gasteiger partial charge in [-0.15, -0.1) is 0 Å². The minimum atomic E-state index is -0.503. The fourth-order valence-corrected chi connectivity index (χ4v) is 7.64. The number of fused-ring (bicyclic) bond motifs is 3. The fourth-order valence-electron chi connectivity index (χ4n) is 6.98. The zero-order valence-corrected chi connectivity index (χ0v) is 31.0. The molecule has 0 amide bonds. The summed E-state index contributed by atoms with van der Waals surface area (Å²) in [6.45, 7) is 1.38. The molecule has 1 N–H and O–H groups in total. The van der Waals surface area contributed by atoms with Crippen LogP contribution in [-0.2, 0) is 32.1 Å². The summed E-state index contributed by atoms with van der Waals surface area (Å²) < 4.78 is 36.5. The molecule has 6 bridgehead atoms. The number of nitro groups is 1. The van der Waals surface area contributed by atoms with E-state index in [0.717, 1.165) is 48.1 Å². The van der Waals surface area contributed by atoms with E-state index in [1.807, 2.05) is 50.5 Å². The topological polar surface area (TPSA) is 114 Å². The average Bonchev–Trinajstić information content (AvgIpc) is 3.13. The first-order valence-electron chi connectivity index (χ1n) is 16.6. The molecule has 3 aliphatic heterocycles. The van der Waals surface area contributed by atoms with Gasteiger partial charge >= 0.3 is 0 Å². The molecule has 3 aliphatic rings. The molecule has 0 radical (unpaired) electrons. The number of likely N-dealkylation sites (N-methyl/N-ethyl adjacent to an activating group) is 2. The first-order valence-corrected chi connectivity index (χ1v) is 17.4. The smallest absolute Gasteiger partial charge is 0.278 e. The van der Waals surface area contributed by atoms with E-state index in [9.17, 15) is 10.1 Å². The lowest BCUT2D eigenvalue weighted by molar-refractivity contribution is -0.385. The van der Waals surface area contributed by atoms with Gasteiger partial charge in [-0.2, -0.15) is 0 Å². The number of rotatable bonds is 8. The van der Waals surface area contributed by atoms with E-state index in [1.54, 1.807) is 7.11 Å². The van der Waals surface area contributed by atoms with Crippen molar-refractivity contribution >= 4 is 28.9 Å². The van der Waals surface area contributed by atoms with Crippen LogP contribution < -0.4 is 33.7 Å². The highest BCUT2D eigenvalue weighted by Gasteiger charge is 2.38. The maximum atomic E-state index is 12.6. The number of hydrogen-bond donors (Lipinski definition) is 1. The SMILES string of the molecule is CNCCc1cc(OC)c2cc1CCc1ccc(cc1)Oc1c(OC)cc([N+](=O)[O-])c(c1Cl)C[C@H]1c3c(c(Cl)c(OC)c(OC)c3O2)CCN1C. The van der Waals surface area contributed by atoms with E-state index in [0.29, 0.717) is 52.3 Å². The van der Waals surface area contributed by atoms with Crippen molar-refractivity contribution in [1.82, 2.24) is 10.2 Å². The van der Waals surface area contributed by atoms with Crippen LogP contribution in [0.5, 0.6) is 46.0 Å². The Morgan fingerprint density at radius 1 is 0.882 bits per heavy atom. The van der Waals surface area contributed by atoms with Gasteiger partial charge in [0, 0.05) is 24.6 Å². The third kappa shape index (κ3) is 6.95. The summed E-state index contributed by atoms with van der Waals surface area (Å²) in [6, 6.07) is 12.6. The van der Waals surface area contributed by atoms with Crippen LogP contribution in [0.25, 0.3) is 0 Å².